The summed E-state index contributed by atoms with van der Waals surface area (Å²) in [4.78, 5) is 0. The molecule has 2 nitrogen and oxygen atoms in total. The summed E-state index contributed by atoms with van der Waals surface area (Å²) in [5.41, 5.74) is 7.20. The van der Waals surface area contributed by atoms with Gasteiger partial charge in [-0.15, -0.1) is 0 Å². The molecule has 2 heteroatoms. The normalized spacial score (nSPS) is 11.6. The van der Waals surface area contributed by atoms with Crippen molar-refractivity contribution in [3.63, 3.8) is 0 Å². The Morgan fingerprint density at radius 2 is 1.35 bits per heavy atom. The van der Waals surface area contributed by atoms with E-state index in [1.54, 1.807) is 0 Å². The maximum absolute atomic E-state index is 9.25. The van der Waals surface area contributed by atoms with E-state index >= 15 is 0 Å². The molecular formula is C15H25NO. The summed E-state index contributed by atoms with van der Waals surface area (Å²) in [6, 6.07) is 4.11. The predicted octanol–water partition coefficient (Wildman–Crippen LogP) is 4.86. The largest absolute Gasteiger partial charge is 0.291 e. The predicted molar refractivity (Wildman–Crippen MR) is 74.1 cm³/mol. The van der Waals surface area contributed by atoms with Gasteiger partial charge in [0, 0.05) is 0 Å². The van der Waals surface area contributed by atoms with Crippen LogP contribution in [-0.2, 0) is 0 Å². The third-order valence-electron chi connectivity index (χ3n) is 3.22. The van der Waals surface area contributed by atoms with Crippen LogP contribution in [0.15, 0.2) is 12.1 Å². The Labute approximate surface area is 105 Å². The molecule has 0 aliphatic rings. The topological polar surface area (TPSA) is 32.3 Å². The molecule has 0 spiro atoms. The van der Waals surface area contributed by atoms with Crippen LogP contribution in [0.4, 0.5) is 5.69 Å². The van der Waals surface area contributed by atoms with Crippen LogP contribution in [-0.4, -0.2) is 5.21 Å². The SMILES string of the molecule is CC(C)c1ccc(NO)c(C(C)C)c1C(C)C. The molecule has 2 N–H and O–H groups in total. The minimum absolute atomic E-state index is 0.403. The van der Waals surface area contributed by atoms with Gasteiger partial charge in [-0.05, 0) is 40.5 Å². The Morgan fingerprint density at radius 3 is 1.71 bits per heavy atom. The molecule has 0 saturated carbocycles. The van der Waals surface area contributed by atoms with Crippen LogP contribution in [0.2, 0.25) is 0 Å². The highest BCUT2D eigenvalue weighted by molar-refractivity contribution is 5.59. The zero-order valence-electron chi connectivity index (χ0n) is 11.8. The monoisotopic (exact) mass is 235 g/mol. The van der Waals surface area contributed by atoms with Gasteiger partial charge in [0.05, 0.1) is 5.69 Å². The van der Waals surface area contributed by atoms with Gasteiger partial charge >= 0.3 is 0 Å². The molecule has 17 heavy (non-hydrogen) atoms. The van der Waals surface area contributed by atoms with E-state index in [0.29, 0.717) is 17.8 Å². The molecule has 1 aromatic carbocycles. The van der Waals surface area contributed by atoms with Gasteiger partial charge in [0.15, 0.2) is 0 Å². The first kappa shape index (κ1) is 14.0. The molecule has 0 aliphatic carbocycles. The number of hydrogen-bond donors (Lipinski definition) is 2. The van der Waals surface area contributed by atoms with Gasteiger partial charge < -0.3 is 0 Å². The summed E-state index contributed by atoms with van der Waals surface area (Å²) in [6.45, 7) is 13.2. The van der Waals surface area contributed by atoms with Crippen molar-refractivity contribution in [1.82, 2.24) is 0 Å². The fraction of sp³-hybridized carbons (Fsp3) is 0.600. The lowest BCUT2D eigenvalue weighted by Crippen LogP contribution is -2.08. The minimum Gasteiger partial charge on any atom is -0.291 e. The van der Waals surface area contributed by atoms with E-state index in [1.807, 2.05) is 6.07 Å². The van der Waals surface area contributed by atoms with E-state index in [-0.39, 0.29) is 0 Å². The van der Waals surface area contributed by atoms with Crippen LogP contribution >= 0.6 is 0 Å². The zero-order valence-corrected chi connectivity index (χ0v) is 11.8. The smallest absolute Gasteiger partial charge is 0.0639 e. The molecule has 1 rings (SSSR count). The van der Waals surface area contributed by atoms with E-state index in [0.717, 1.165) is 5.69 Å². The van der Waals surface area contributed by atoms with Crippen molar-refractivity contribution >= 4 is 5.69 Å². The zero-order chi connectivity index (χ0) is 13.2. The molecule has 0 aromatic heterocycles. The fourth-order valence-electron chi connectivity index (χ4n) is 2.52. The molecule has 0 fully saturated rings. The van der Waals surface area contributed by atoms with Gasteiger partial charge in [0.1, 0.15) is 0 Å². The number of hydrogen-bond acceptors (Lipinski definition) is 2. The average Bonchev–Trinajstić information content (AvgIpc) is 2.26. The van der Waals surface area contributed by atoms with E-state index in [1.165, 1.54) is 16.7 Å². The molecule has 0 heterocycles. The van der Waals surface area contributed by atoms with Crippen molar-refractivity contribution in [3.8, 4) is 0 Å². The summed E-state index contributed by atoms with van der Waals surface area (Å²) < 4.78 is 0. The maximum Gasteiger partial charge on any atom is 0.0639 e. The highest BCUT2D eigenvalue weighted by Crippen LogP contribution is 2.37. The van der Waals surface area contributed by atoms with Crippen molar-refractivity contribution in [2.24, 2.45) is 0 Å². The number of benzene rings is 1. The lowest BCUT2D eigenvalue weighted by atomic mass is 9.82. The lowest BCUT2D eigenvalue weighted by molar-refractivity contribution is 0.387. The quantitative estimate of drug-likeness (QED) is 0.731. The van der Waals surface area contributed by atoms with E-state index in [9.17, 15) is 5.21 Å². The van der Waals surface area contributed by atoms with Gasteiger partial charge in [-0.3, -0.25) is 10.7 Å². The summed E-state index contributed by atoms with van der Waals surface area (Å²) in [6.07, 6.45) is 0. The maximum atomic E-state index is 9.25. The fourth-order valence-corrected chi connectivity index (χ4v) is 2.52. The van der Waals surface area contributed by atoms with Crippen LogP contribution in [0.25, 0.3) is 0 Å². The van der Waals surface area contributed by atoms with Crippen LogP contribution in [0.5, 0.6) is 0 Å². The van der Waals surface area contributed by atoms with Crippen LogP contribution in [0.1, 0.15) is 76.0 Å². The van der Waals surface area contributed by atoms with Crippen LogP contribution in [0.3, 0.4) is 0 Å². The second-order valence-electron chi connectivity index (χ2n) is 5.61. The van der Waals surface area contributed by atoms with Crippen molar-refractivity contribution < 1.29 is 5.21 Å². The third kappa shape index (κ3) is 2.81. The molecule has 0 aliphatic heterocycles. The summed E-state index contributed by atoms with van der Waals surface area (Å²) in [5.74, 6) is 1.39. The van der Waals surface area contributed by atoms with E-state index in [4.69, 9.17) is 0 Å². The van der Waals surface area contributed by atoms with Crippen molar-refractivity contribution in [3.05, 3.63) is 28.8 Å². The lowest BCUT2D eigenvalue weighted by Gasteiger charge is -2.24. The second kappa shape index (κ2) is 5.54. The molecule has 0 unspecified atom stereocenters. The standard InChI is InChI=1S/C15H25NO/c1-9(2)12-7-8-13(16-17)15(11(5)6)14(12)10(3)4/h7-11,16-17H,1-6H3. The van der Waals surface area contributed by atoms with Crippen molar-refractivity contribution in [1.29, 1.82) is 0 Å². The average molecular weight is 235 g/mol. The second-order valence-corrected chi connectivity index (χ2v) is 5.61. The Hall–Kier alpha value is -1.02. The minimum atomic E-state index is 0.403. The Kier molecular flexibility index (Phi) is 4.58. The van der Waals surface area contributed by atoms with E-state index in [2.05, 4.69) is 53.1 Å². The molecule has 0 bridgehead atoms. The first-order valence-corrected chi connectivity index (χ1v) is 6.46. The number of anilines is 1. The molecule has 0 atom stereocenters. The Balaban J connectivity index is 3.53. The highest BCUT2D eigenvalue weighted by Gasteiger charge is 2.19. The highest BCUT2D eigenvalue weighted by atomic mass is 16.5. The first-order valence-electron chi connectivity index (χ1n) is 6.46. The molecule has 1 aromatic rings. The van der Waals surface area contributed by atoms with Gasteiger partial charge in [-0.2, -0.15) is 0 Å². The summed E-state index contributed by atoms with van der Waals surface area (Å²) in [7, 11) is 0. The number of nitrogens with one attached hydrogen (secondary N) is 1. The van der Waals surface area contributed by atoms with Crippen LogP contribution < -0.4 is 5.48 Å². The van der Waals surface area contributed by atoms with Gasteiger partial charge in [0.2, 0.25) is 0 Å². The molecule has 96 valence electrons. The van der Waals surface area contributed by atoms with Gasteiger partial charge in [0.25, 0.3) is 0 Å². The van der Waals surface area contributed by atoms with Crippen molar-refractivity contribution in [2.45, 2.75) is 59.3 Å². The van der Waals surface area contributed by atoms with Gasteiger partial charge in [-0.1, -0.05) is 47.6 Å². The first-order chi connectivity index (χ1) is 7.90. The molecule has 0 saturated heterocycles. The summed E-state index contributed by atoms with van der Waals surface area (Å²) >= 11 is 0. The van der Waals surface area contributed by atoms with E-state index < -0.39 is 0 Å². The Bertz CT molecular complexity index is 381. The molecular weight excluding hydrogens is 210 g/mol. The third-order valence-corrected chi connectivity index (χ3v) is 3.22. The molecule has 0 amide bonds. The molecule has 0 radical (unpaired) electrons. The summed E-state index contributed by atoms with van der Waals surface area (Å²) in [5, 5.41) is 9.25. The van der Waals surface area contributed by atoms with Crippen LogP contribution in [0, 0.1) is 0 Å². The van der Waals surface area contributed by atoms with Crippen molar-refractivity contribution in [2.75, 3.05) is 5.48 Å². The Morgan fingerprint density at radius 1 is 0.824 bits per heavy atom. The van der Waals surface area contributed by atoms with Gasteiger partial charge in [-0.25, -0.2) is 0 Å². The number of rotatable bonds is 4.